The van der Waals surface area contributed by atoms with E-state index in [9.17, 15) is 9.90 Å². The Labute approximate surface area is 94.3 Å². The Balaban J connectivity index is 3.02. The number of phenolic OH excluding ortho intramolecular Hbond substituents is 1. The van der Waals surface area contributed by atoms with Crippen molar-refractivity contribution in [1.29, 1.82) is 0 Å². The van der Waals surface area contributed by atoms with Crippen LogP contribution in [0.4, 0.5) is 5.69 Å². The van der Waals surface area contributed by atoms with Gasteiger partial charge in [-0.1, -0.05) is 0 Å². The number of benzene rings is 1. The highest BCUT2D eigenvalue weighted by Gasteiger charge is 2.12. The minimum absolute atomic E-state index is 0.0340. The first-order valence-corrected chi connectivity index (χ1v) is 5.29. The Morgan fingerprint density at radius 2 is 2.20 bits per heavy atom. The molecule has 0 fully saturated rings. The van der Waals surface area contributed by atoms with E-state index in [-0.39, 0.29) is 17.5 Å². The van der Waals surface area contributed by atoms with Gasteiger partial charge in [0.15, 0.2) is 0 Å². The van der Waals surface area contributed by atoms with E-state index in [0.717, 1.165) is 11.3 Å². The van der Waals surface area contributed by atoms with Crippen LogP contribution in [0.5, 0.6) is 5.75 Å². The molecule has 0 saturated heterocycles. The van der Waals surface area contributed by atoms with E-state index >= 15 is 0 Å². The van der Waals surface area contributed by atoms with E-state index in [1.54, 1.807) is 30.0 Å². The molecule has 1 N–H and O–H groups in total. The third-order valence-electron chi connectivity index (χ3n) is 2.22. The number of alkyl halides is 1. The second-order valence-electron chi connectivity index (χ2n) is 3.24. The van der Waals surface area contributed by atoms with Crippen LogP contribution in [0.1, 0.15) is 12.5 Å². The van der Waals surface area contributed by atoms with Gasteiger partial charge in [0.05, 0.1) is 0 Å². The van der Waals surface area contributed by atoms with E-state index in [1.165, 1.54) is 0 Å². The predicted molar refractivity (Wildman–Crippen MR) is 61.6 cm³/mol. The molecular formula is C11H14ClNO2. The molecule has 1 aromatic rings. The van der Waals surface area contributed by atoms with E-state index < -0.39 is 0 Å². The first-order valence-electron chi connectivity index (χ1n) is 4.76. The fourth-order valence-electron chi connectivity index (χ4n) is 1.38. The normalized spacial score (nSPS) is 10.1. The third-order valence-corrected chi connectivity index (χ3v) is 2.45. The van der Waals surface area contributed by atoms with Crippen molar-refractivity contribution >= 4 is 23.2 Å². The van der Waals surface area contributed by atoms with Crippen LogP contribution in [0.15, 0.2) is 18.2 Å². The number of carbonyl (C=O) groups is 1. The zero-order valence-corrected chi connectivity index (χ0v) is 9.58. The van der Waals surface area contributed by atoms with Crippen molar-refractivity contribution in [3.63, 3.8) is 0 Å². The summed E-state index contributed by atoms with van der Waals surface area (Å²) in [6.45, 7) is 4.24. The van der Waals surface area contributed by atoms with Gasteiger partial charge in [0.1, 0.15) is 11.6 Å². The summed E-state index contributed by atoms with van der Waals surface area (Å²) in [4.78, 5) is 13.1. The smallest absolute Gasteiger partial charge is 0.241 e. The number of aryl methyl sites for hydroxylation is 1. The summed E-state index contributed by atoms with van der Waals surface area (Å²) in [7, 11) is 0. The van der Waals surface area contributed by atoms with Crippen LogP contribution in [-0.4, -0.2) is 23.4 Å². The lowest BCUT2D eigenvalue weighted by Crippen LogP contribution is -2.31. The number of hydrogen-bond acceptors (Lipinski definition) is 2. The molecule has 0 atom stereocenters. The molecule has 0 aliphatic rings. The second-order valence-corrected chi connectivity index (χ2v) is 3.51. The average Bonchev–Trinajstić information content (AvgIpc) is 2.24. The molecule has 0 aromatic heterocycles. The fraction of sp³-hybridized carbons (Fsp3) is 0.364. The number of phenols is 1. The molecule has 0 spiro atoms. The van der Waals surface area contributed by atoms with Crippen LogP contribution in [-0.2, 0) is 4.79 Å². The number of halogens is 1. The first-order chi connectivity index (χ1) is 7.10. The molecule has 0 bridgehead atoms. The molecule has 0 aliphatic heterocycles. The van der Waals surface area contributed by atoms with Gasteiger partial charge in [0.2, 0.25) is 5.91 Å². The molecule has 1 rings (SSSR count). The summed E-state index contributed by atoms with van der Waals surface area (Å²) in [6, 6.07) is 5.05. The lowest BCUT2D eigenvalue weighted by molar-refractivity contribution is -0.116. The molecule has 0 unspecified atom stereocenters. The van der Waals surface area contributed by atoms with Crippen molar-refractivity contribution in [3.8, 4) is 5.75 Å². The number of anilines is 1. The summed E-state index contributed by atoms with van der Waals surface area (Å²) in [5.74, 6) is 0.0608. The SMILES string of the molecule is CCN(C(=O)CCl)c1ccc(O)c(C)c1. The molecule has 0 aliphatic carbocycles. The lowest BCUT2D eigenvalue weighted by atomic mass is 10.2. The maximum atomic E-state index is 11.5. The van der Waals surface area contributed by atoms with Gasteiger partial charge in [-0.25, -0.2) is 0 Å². The number of amides is 1. The minimum Gasteiger partial charge on any atom is -0.508 e. The Morgan fingerprint density at radius 1 is 1.53 bits per heavy atom. The largest absolute Gasteiger partial charge is 0.508 e. The number of carbonyl (C=O) groups excluding carboxylic acids is 1. The van der Waals surface area contributed by atoms with Crippen molar-refractivity contribution in [1.82, 2.24) is 0 Å². The summed E-state index contributed by atoms with van der Waals surface area (Å²) in [5.41, 5.74) is 1.51. The van der Waals surface area contributed by atoms with Gasteiger partial charge < -0.3 is 10.0 Å². The van der Waals surface area contributed by atoms with E-state index in [4.69, 9.17) is 11.6 Å². The molecule has 3 nitrogen and oxygen atoms in total. The third kappa shape index (κ3) is 2.63. The van der Waals surface area contributed by atoms with Crippen LogP contribution in [0.3, 0.4) is 0 Å². The monoisotopic (exact) mass is 227 g/mol. The van der Waals surface area contributed by atoms with E-state index in [0.29, 0.717) is 6.54 Å². The van der Waals surface area contributed by atoms with Crippen molar-refractivity contribution < 1.29 is 9.90 Å². The molecule has 0 saturated carbocycles. The Hall–Kier alpha value is -1.22. The van der Waals surface area contributed by atoms with Crippen LogP contribution < -0.4 is 4.90 Å². The zero-order valence-electron chi connectivity index (χ0n) is 8.83. The number of aromatic hydroxyl groups is 1. The van der Waals surface area contributed by atoms with Gasteiger partial charge >= 0.3 is 0 Å². The molecule has 1 amide bonds. The van der Waals surface area contributed by atoms with Crippen LogP contribution in [0.25, 0.3) is 0 Å². The number of rotatable bonds is 3. The highest BCUT2D eigenvalue weighted by atomic mass is 35.5. The van der Waals surface area contributed by atoms with Gasteiger partial charge in [0, 0.05) is 12.2 Å². The summed E-state index contributed by atoms with van der Waals surface area (Å²) < 4.78 is 0. The van der Waals surface area contributed by atoms with Gasteiger partial charge in [-0.05, 0) is 37.6 Å². The van der Waals surface area contributed by atoms with Gasteiger partial charge in [0.25, 0.3) is 0 Å². The van der Waals surface area contributed by atoms with E-state index in [2.05, 4.69) is 0 Å². The van der Waals surface area contributed by atoms with Gasteiger partial charge in [-0.15, -0.1) is 11.6 Å². The van der Waals surface area contributed by atoms with Crippen molar-refractivity contribution in [2.24, 2.45) is 0 Å². The van der Waals surface area contributed by atoms with Gasteiger partial charge in [-0.3, -0.25) is 4.79 Å². The van der Waals surface area contributed by atoms with Crippen LogP contribution >= 0.6 is 11.6 Å². The first kappa shape index (κ1) is 11.9. The second kappa shape index (κ2) is 5.03. The lowest BCUT2D eigenvalue weighted by Gasteiger charge is -2.20. The molecule has 15 heavy (non-hydrogen) atoms. The molecule has 4 heteroatoms. The summed E-state index contributed by atoms with van der Waals surface area (Å²) in [5, 5.41) is 9.36. The number of hydrogen-bond donors (Lipinski definition) is 1. The quantitative estimate of drug-likeness (QED) is 0.805. The maximum Gasteiger partial charge on any atom is 0.241 e. The zero-order chi connectivity index (χ0) is 11.4. The minimum atomic E-state index is -0.135. The Morgan fingerprint density at radius 3 is 2.67 bits per heavy atom. The van der Waals surface area contributed by atoms with Crippen molar-refractivity contribution in [3.05, 3.63) is 23.8 Å². The predicted octanol–water partition coefficient (Wildman–Crippen LogP) is 2.29. The Bertz CT molecular complexity index is 366. The number of nitrogens with zero attached hydrogens (tertiary/aromatic N) is 1. The van der Waals surface area contributed by atoms with Crippen molar-refractivity contribution in [2.45, 2.75) is 13.8 Å². The topological polar surface area (TPSA) is 40.5 Å². The van der Waals surface area contributed by atoms with Crippen LogP contribution in [0, 0.1) is 6.92 Å². The standard InChI is InChI=1S/C11H14ClNO2/c1-3-13(11(15)7-12)9-4-5-10(14)8(2)6-9/h4-6,14H,3,7H2,1-2H3. The molecule has 82 valence electrons. The fourth-order valence-corrected chi connectivity index (χ4v) is 1.53. The maximum absolute atomic E-state index is 11.5. The van der Waals surface area contributed by atoms with Gasteiger partial charge in [-0.2, -0.15) is 0 Å². The molecule has 1 aromatic carbocycles. The Kier molecular flexibility index (Phi) is 3.97. The summed E-state index contributed by atoms with van der Waals surface area (Å²) in [6.07, 6.45) is 0. The van der Waals surface area contributed by atoms with E-state index in [1.807, 2.05) is 6.92 Å². The molecular weight excluding hydrogens is 214 g/mol. The highest BCUT2D eigenvalue weighted by Crippen LogP contribution is 2.23. The van der Waals surface area contributed by atoms with Crippen molar-refractivity contribution in [2.75, 3.05) is 17.3 Å². The molecule has 0 radical (unpaired) electrons. The van der Waals surface area contributed by atoms with Crippen LogP contribution in [0.2, 0.25) is 0 Å². The summed E-state index contributed by atoms with van der Waals surface area (Å²) >= 11 is 5.51. The highest BCUT2D eigenvalue weighted by molar-refractivity contribution is 6.29. The average molecular weight is 228 g/mol. The molecule has 0 heterocycles.